The quantitative estimate of drug-likeness (QED) is 0.469. The highest BCUT2D eigenvalue weighted by molar-refractivity contribution is 5.58. The second-order valence-corrected chi connectivity index (χ2v) is 8.04. The van der Waals surface area contributed by atoms with Gasteiger partial charge in [-0.3, -0.25) is 0 Å². The van der Waals surface area contributed by atoms with E-state index >= 15 is 0 Å². The Morgan fingerprint density at radius 2 is 1.63 bits per heavy atom. The SMILES string of the molecule is COc1ccc(CC[C@@H]2CCc3ccccc3N2[C@@H](C)c2ccccc2)cc1OC. The van der Waals surface area contributed by atoms with Crippen molar-refractivity contribution in [1.29, 1.82) is 0 Å². The summed E-state index contributed by atoms with van der Waals surface area (Å²) in [6.07, 6.45) is 4.46. The lowest BCUT2D eigenvalue weighted by molar-refractivity contribution is 0.354. The highest BCUT2D eigenvalue weighted by Gasteiger charge is 2.30. The predicted octanol–water partition coefficient (Wildman–Crippen LogP) is 6.22. The summed E-state index contributed by atoms with van der Waals surface area (Å²) in [6.45, 7) is 2.33. The molecule has 1 aliphatic rings. The van der Waals surface area contributed by atoms with Crippen LogP contribution in [0.4, 0.5) is 5.69 Å². The van der Waals surface area contributed by atoms with Crippen LogP contribution in [0.25, 0.3) is 0 Å². The molecular formula is C27H31NO2. The Balaban J connectivity index is 1.58. The number of nitrogens with zero attached hydrogens (tertiary/aromatic N) is 1. The number of aryl methyl sites for hydroxylation is 2. The molecule has 0 aromatic heterocycles. The Labute approximate surface area is 180 Å². The third-order valence-corrected chi connectivity index (χ3v) is 6.32. The van der Waals surface area contributed by atoms with Crippen LogP contribution in [-0.4, -0.2) is 20.3 Å². The molecular weight excluding hydrogens is 370 g/mol. The van der Waals surface area contributed by atoms with E-state index in [2.05, 4.69) is 78.6 Å². The average Bonchev–Trinajstić information content (AvgIpc) is 2.82. The molecule has 1 aliphatic heterocycles. The molecule has 2 atom stereocenters. The first-order chi connectivity index (χ1) is 14.7. The molecule has 0 N–H and O–H groups in total. The van der Waals surface area contributed by atoms with E-state index in [-0.39, 0.29) is 0 Å². The fourth-order valence-corrected chi connectivity index (χ4v) is 4.70. The monoisotopic (exact) mass is 401 g/mol. The molecule has 156 valence electrons. The maximum absolute atomic E-state index is 5.50. The number of methoxy groups -OCH3 is 2. The highest BCUT2D eigenvalue weighted by Crippen LogP contribution is 2.39. The minimum absolute atomic E-state index is 0.336. The Hall–Kier alpha value is -2.94. The summed E-state index contributed by atoms with van der Waals surface area (Å²) in [6, 6.07) is 26.9. The van der Waals surface area contributed by atoms with E-state index in [1.165, 1.54) is 28.8 Å². The lowest BCUT2D eigenvalue weighted by Crippen LogP contribution is -2.41. The average molecular weight is 402 g/mol. The molecule has 0 aliphatic carbocycles. The number of rotatable bonds is 7. The van der Waals surface area contributed by atoms with Crippen molar-refractivity contribution in [2.75, 3.05) is 19.1 Å². The first kappa shape index (κ1) is 20.3. The number of benzene rings is 3. The van der Waals surface area contributed by atoms with Gasteiger partial charge in [-0.25, -0.2) is 0 Å². The first-order valence-corrected chi connectivity index (χ1v) is 10.8. The van der Waals surface area contributed by atoms with Crippen LogP contribution in [0.1, 0.15) is 42.5 Å². The van der Waals surface area contributed by atoms with E-state index in [9.17, 15) is 0 Å². The molecule has 3 nitrogen and oxygen atoms in total. The number of hydrogen-bond donors (Lipinski definition) is 0. The van der Waals surface area contributed by atoms with Gasteiger partial charge in [-0.1, -0.05) is 54.6 Å². The Bertz CT molecular complexity index is 970. The zero-order chi connectivity index (χ0) is 20.9. The summed E-state index contributed by atoms with van der Waals surface area (Å²) in [5.74, 6) is 1.59. The van der Waals surface area contributed by atoms with Gasteiger partial charge in [0, 0.05) is 11.7 Å². The van der Waals surface area contributed by atoms with E-state index in [4.69, 9.17) is 9.47 Å². The highest BCUT2D eigenvalue weighted by atomic mass is 16.5. The fraction of sp³-hybridized carbons (Fsp3) is 0.333. The maximum Gasteiger partial charge on any atom is 0.160 e. The van der Waals surface area contributed by atoms with Crippen molar-refractivity contribution >= 4 is 5.69 Å². The zero-order valence-corrected chi connectivity index (χ0v) is 18.2. The molecule has 0 amide bonds. The Morgan fingerprint density at radius 3 is 2.40 bits per heavy atom. The van der Waals surface area contributed by atoms with Gasteiger partial charge >= 0.3 is 0 Å². The molecule has 4 rings (SSSR count). The molecule has 0 fully saturated rings. The molecule has 1 heterocycles. The van der Waals surface area contributed by atoms with Crippen LogP contribution in [0.15, 0.2) is 72.8 Å². The molecule has 0 spiro atoms. The summed E-state index contributed by atoms with van der Waals surface area (Å²) < 4.78 is 10.9. The van der Waals surface area contributed by atoms with Crippen LogP contribution in [0.2, 0.25) is 0 Å². The minimum atomic E-state index is 0.336. The number of hydrogen-bond acceptors (Lipinski definition) is 3. The molecule has 3 aromatic rings. The van der Waals surface area contributed by atoms with Crippen molar-refractivity contribution in [3.8, 4) is 11.5 Å². The summed E-state index contributed by atoms with van der Waals surface area (Å²) in [4.78, 5) is 2.65. The standard InChI is InChI=1S/C27H31NO2/c1-20(22-9-5-4-6-10-22)28-24(17-15-23-11-7-8-12-25(23)28)16-13-21-14-18-26(29-2)27(19-21)30-3/h4-12,14,18-20,24H,13,15-17H2,1-3H3/t20-,24+/m0/s1. The smallest absolute Gasteiger partial charge is 0.160 e. The Kier molecular flexibility index (Phi) is 6.27. The number of ether oxygens (including phenoxy) is 2. The third kappa shape index (κ3) is 4.16. The van der Waals surface area contributed by atoms with Gasteiger partial charge in [0.25, 0.3) is 0 Å². The van der Waals surface area contributed by atoms with Gasteiger partial charge in [0.1, 0.15) is 0 Å². The van der Waals surface area contributed by atoms with Crippen molar-refractivity contribution < 1.29 is 9.47 Å². The van der Waals surface area contributed by atoms with E-state index in [0.29, 0.717) is 12.1 Å². The summed E-state index contributed by atoms with van der Waals surface area (Å²) in [5, 5.41) is 0. The van der Waals surface area contributed by atoms with Gasteiger partial charge in [-0.2, -0.15) is 0 Å². The zero-order valence-electron chi connectivity index (χ0n) is 18.2. The van der Waals surface area contributed by atoms with Crippen molar-refractivity contribution in [3.05, 3.63) is 89.5 Å². The van der Waals surface area contributed by atoms with Crippen LogP contribution in [0.5, 0.6) is 11.5 Å². The van der Waals surface area contributed by atoms with Gasteiger partial charge in [0.05, 0.1) is 20.3 Å². The molecule has 30 heavy (non-hydrogen) atoms. The van der Waals surface area contributed by atoms with Gasteiger partial charge in [-0.05, 0) is 67.5 Å². The van der Waals surface area contributed by atoms with Crippen molar-refractivity contribution in [2.24, 2.45) is 0 Å². The number of fused-ring (bicyclic) bond motifs is 1. The summed E-state index contributed by atoms with van der Waals surface area (Å²) in [7, 11) is 3.38. The molecule has 0 bridgehead atoms. The van der Waals surface area contributed by atoms with Gasteiger partial charge in [0.15, 0.2) is 11.5 Å². The lowest BCUT2D eigenvalue weighted by Gasteiger charge is -2.43. The molecule has 0 saturated carbocycles. The summed E-state index contributed by atoms with van der Waals surface area (Å²) >= 11 is 0. The minimum Gasteiger partial charge on any atom is -0.493 e. The number of para-hydroxylation sites is 1. The van der Waals surface area contributed by atoms with E-state index in [1.807, 2.05) is 6.07 Å². The van der Waals surface area contributed by atoms with Crippen molar-refractivity contribution in [3.63, 3.8) is 0 Å². The molecule has 0 saturated heterocycles. The van der Waals surface area contributed by atoms with Crippen LogP contribution in [0.3, 0.4) is 0 Å². The van der Waals surface area contributed by atoms with E-state index in [1.54, 1.807) is 14.2 Å². The van der Waals surface area contributed by atoms with Gasteiger partial charge in [0.2, 0.25) is 0 Å². The van der Waals surface area contributed by atoms with E-state index < -0.39 is 0 Å². The topological polar surface area (TPSA) is 21.7 Å². The fourth-order valence-electron chi connectivity index (χ4n) is 4.70. The third-order valence-electron chi connectivity index (χ3n) is 6.32. The molecule has 3 heteroatoms. The lowest BCUT2D eigenvalue weighted by atomic mass is 9.89. The van der Waals surface area contributed by atoms with Gasteiger partial charge < -0.3 is 14.4 Å². The second-order valence-electron chi connectivity index (χ2n) is 8.04. The van der Waals surface area contributed by atoms with Crippen LogP contribution in [0, 0.1) is 0 Å². The first-order valence-electron chi connectivity index (χ1n) is 10.8. The molecule has 3 aromatic carbocycles. The summed E-state index contributed by atoms with van der Waals surface area (Å²) in [5.41, 5.74) is 5.50. The van der Waals surface area contributed by atoms with E-state index in [0.717, 1.165) is 30.8 Å². The maximum atomic E-state index is 5.50. The molecule has 0 unspecified atom stereocenters. The van der Waals surface area contributed by atoms with Crippen LogP contribution in [-0.2, 0) is 12.8 Å². The van der Waals surface area contributed by atoms with Crippen LogP contribution >= 0.6 is 0 Å². The largest absolute Gasteiger partial charge is 0.493 e. The normalized spacial score (nSPS) is 16.6. The van der Waals surface area contributed by atoms with Crippen molar-refractivity contribution in [1.82, 2.24) is 0 Å². The number of anilines is 1. The van der Waals surface area contributed by atoms with Crippen molar-refractivity contribution in [2.45, 2.75) is 44.7 Å². The Morgan fingerprint density at radius 1 is 0.900 bits per heavy atom. The van der Waals surface area contributed by atoms with Gasteiger partial charge in [-0.15, -0.1) is 0 Å². The predicted molar refractivity (Wildman–Crippen MR) is 124 cm³/mol. The second kappa shape index (κ2) is 9.25. The van der Waals surface area contributed by atoms with Crippen LogP contribution < -0.4 is 14.4 Å². The molecule has 0 radical (unpaired) electrons.